The van der Waals surface area contributed by atoms with Crippen molar-refractivity contribution in [2.45, 2.75) is 31.7 Å². The third-order valence-electron chi connectivity index (χ3n) is 3.04. The summed E-state index contributed by atoms with van der Waals surface area (Å²) in [5.74, 6) is 0. The molecule has 0 radical (unpaired) electrons. The van der Waals surface area contributed by atoms with E-state index in [1.807, 2.05) is 18.2 Å². The fourth-order valence-electron chi connectivity index (χ4n) is 2.12. The molecule has 1 atom stereocenters. The Morgan fingerprint density at radius 2 is 2.06 bits per heavy atom. The number of hydrogen-bond acceptors (Lipinski definition) is 2. The quantitative estimate of drug-likeness (QED) is 0.688. The Morgan fingerprint density at radius 3 is 2.76 bits per heavy atom. The topological polar surface area (TPSA) is 29.4 Å². The normalized spacial score (nSPS) is 22.7. The van der Waals surface area contributed by atoms with Gasteiger partial charge in [-0.1, -0.05) is 46.9 Å². The van der Waals surface area contributed by atoms with Gasteiger partial charge in [0.15, 0.2) is 0 Å². The maximum absolute atomic E-state index is 10.7. The molecule has 0 aliphatic heterocycles. The molecule has 0 spiro atoms. The lowest BCUT2D eigenvalue weighted by atomic mass is 9.89. The molecule has 1 aromatic rings. The minimum Gasteiger partial charge on any atom is -0.150 e. The molecule has 1 aliphatic rings. The lowest BCUT2D eigenvalue weighted by Gasteiger charge is -2.19. The molecule has 0 heterocycles. The van der Waals surface area contributed by atoms with E-state index in [0.717, 1.165) is 36.8 Å². The summed E-state index contributed by atoms with van der Waals surface area (Å²) in [5.41, 5.74) is 2.08. The average molecular weight is 270 g/mol. The molecule has 0 N–H and O–H groups in total. The molecule has 0 saturated heterocycles. The first-order valence-electron chi connectivity index (χ1n) is 5.68. The highest BCUT2D eigenvalue weighted by Crippen LogP contribution is 2.29. The molecule has 0 amide bonds. The van der Waals surface area contributed by atoms with Crippen LogP contribution < -0.4 is 0 Å². The fraction of sp³-hybridized carbons (Fsp3) is 0.385. The van der Waals surface area contributed by atoms with Gasteiger partial charge in [-0.3, -0.25) is 0 Å². The van der Waals surface area contributed by atoms with Gasteiger partial charge in [0, 0.05) is 0 Å². The molecule has 2 rings (SSSR count). The maximum Gasteiger partial charge on any atom is 0.113 e. The number of rotatable bonds is 2. The van der Waals surface area contributed by atoms with Crippen molar-refractivity contribution in [2.24, 2.45) is 5.18 Å². The molecule has 1 aromatic carbocycles. The predicted molar refractivity (Wildman–Crippen MR) is 72.5 cm³/mol. The van der Waals surface area contributed by atoms with Crippen LogP contribution in [0.3, 0.4) is 0 Å². The number of benzene rings is 1. The highest BCUT2D eigenvalue weighted by atomic mass is 35.5. The predicted octanol–water partition coefficient (Wildman–Crippen LogP) is 5.09. The van der Waals surface area contributed by atoms with E-state index < -0.39 is 0 Å². The van der Waals surface area contributed by atoms with Crippen molar-refractivity contribution < 1.29 is 0 Å². The molecule has 17 heavy (non-hydrogen) atoms. The van der Waals surface area contributed by atoms with Crippen molar-refractivity contribution >= 4 is 29.3 Å². The number of hydrogen-bond donors (Lipinski definition) is 0. The zero-order valence-corrected chi connectivity index (χ0v) is 10.8. The zero-order chi connectivity index (χ0) is 12.3. The molecule has 2 nitrogen and oxygen atoms in total. The van der Waals surface area contributed by atoms with E-state index in [1.165, 1.54) is 0 Å². The van der Waals surface area contributed by atoms with E-state index in [0.29, 0.717) is 10.0 Å². The summed E-state index contributed by atoms with van der Waals surface area (Å²) >= 11 is 11.8. The van der Waals surface area contributed by atoms with Crippen LogP contribution in [0.2, 0.25) is 10.0 Å². The first-order chi connectivity index (χ1) is 8.20. The molecule has 0 bridgehead atoms. The number of nitroso groups, excluding NO2 is 1. The summed E-state index contributed by atoms with van der Waals surface area (Å²) in [5, 5.41) is 4.27. The van der Waals surface area contributed by atoms with Crippen LogP contribution in [0.1, 0.15) is 31.2 Å². The maximum atomic E-state index is 10.7. The molecule has 1 fully saturated rings. The van der Waals surface area contributed by atoms with Crippen LogP contribution in [0.25, 0.3) is 6.08 Å². The lowest BCUT2D eigenvalue weighted by Crippen LogP contribution is -2.12. The minimum absolute atomic E-state index is 0.168. The Morgan fingerprint density at radius 1 is 1.24 bits per heavy atom. The molecule has 1 aliphatic carbocycles. The van der Waals surface area contributed by atoms with Gasteiger partial charge in [0.1, 0.15) is 6.04 Å². The second-order valence-corrected chi connectivity index (χ2v) is 5.07. The Hall–Kier alpha value is -0.860. The summed E-state index contributed by atoms with van der Waals surface area (Å²) in [6.07, 6.45) is 6.01. The largest absolute Gasteiger partial charge is 0.150 e. The van der Waals surface area contributed by atoms with Gasteiger partial charge in [-0.25, -0.2) is 0 Å². The van der Waals surface area contributed by atoms with E-state index in [-0.39, 0.29) is 6.04 Å². The highest BCUT2D eigenvalue weighted by Gasteiger charge is 2.19. The van der Waals surface area contributed by atoms with Crippen LogP contribution in [0.4, 0.5) is 0 Å². The average Bonchev–Trinajstić information content (AvgIpc) is 2.34. The molecule has 1 unspecified atom stereocenters. The van der Waals surface area contributed by atoms with Crippen LogP contribution in [0.5, 0.6) is 0 Å². The van der Waals surface area contributed by atoms with Gasteiger partial charge in [0.05, 0.1) is 10.0 Å². The third kappa shape index (κ3) is 3.08. The Kier molecular flexibility index (Phi) is 4.19. The van der Waals surface area contributed by atoms with Crippen LogP contribution in [-0.2, 0) is 0 Å². The standard InChI is InChI=1S/C13H13Cl2NO/c14-11-6-5-9(8-12(11)15)7-10-3-1-2-4-13(10)16-17/h5-8,13H,1-4H2. The van der Waals surface area contributed by atoms with E-state index in [1.54, 1.807) is 6.07 Å². The smallest absolute Gasteiger partial charge is 0.113 e. The van der Waals surface area contributed by atoms with Gasteiger partial charge in [-0.15, -0.1) is 0 Å². The Labute approximate surface area is 111 Å². The van der Waals surface area contributed by atoms with Crippen molar-refractivity contribution in [3.05, 3.63) is 44.3 Å². The minimum atomic E-state index is -0.168. The van der Waals surface area contributed by atoms with Gasteiger partial charge < -0.3 is 0 Å². The van der Waals surface area contributed by atoms with E-state index in [9.17, 15) is 4.91 Å². The summed E-state index contributed by atoms with van der Waals surface area (Å²) in [4.78, 5) is 10.7. The van der Waals surface area contributed by atoms with E-state index in [4.69, 9.17) is 23.2 Å². The summed E-state index contributed by atoms with van der Waals surface area (Å²) in [6.45, 7) is 0. The molecule has 1 saturated carbocycles. The van der Waals surface area contributed by atoms with E-state index >= 15 is 0 Å². The zero-order valence-electron chi connectivity index (χ0n) is 9.33. The summed E-state index contributed by atoms with van der Waals surface area (Å²) < 4.78 is 0. The molecular formula is C13H13Cl2NO. The van der Waals surface area contributed by atoms with Crippen molar-refractivity contribution in [3.63, 3.8) is 0 Å². The molecule has 90 valence electrons. The van der Waals surface area contributed by atoms with Crippen LogP contribution in [0.15, 0.2) is 28.9 Å². The monoisotopic (exact) mass is 269 g/mol. The van der Waals surface area contributed by atoms with Gasteiger partial charge in [-0.05, 0) is 42.5 Å². The number of halogens is 2. The fourth-order valence-corrected chi connectivity index (χ4v) is 2.43. The van der Waals surface area contributed by atoms with Crippen molar-refractivity contribution in [1.82, 2.24) is 0 Å². The van der Waals surface area contributed by atoms with Crippen molar-refractivity contribution in [2.75, 3.05) is 0 Å². The summed E-state index contributed by atoms with van der Waals surface area (Å²) in [6, 6.07) is 5.31. The molecule has 0 aromatic heterocycles. The third-order valence-corrected chi connectivity index (χ3v) is 3.78. The summed E-state index contributed by atoms with van der Waals surface area (Å²) in [7, 11) is 0. The van der Waals surface area contributed by atoms with Gasteiger partial charge in [0.25, 0.3) is 0 Å². The van der Waals surface area contributed by atoms with Crippen LogP contribution >= 0.6 is 23.2 Å². The second-order valence-electron chi connectivity index (χ2n) is 4.26. The molecular weight excluding hydrogens is 257 g/mol. The second kappa shape index (κ2) is 5.65. The molecule has 4 heteroatoms. The lowest BCUT2D eigenvalue weighted by molar-refractivity contribution is 0.539. The van der Waals surface area contributed by atoms with Crippen LogP contribution in [-0.4, -0.2) is 6.04 Å². The first-order valence-corrected chi connectivity index (χ1v) is 6.44. The van der Waals surface area contributed by atoms with Crippen LogP contribution in [0, 0.1) is 4.91 Å². The van der Waals surface area contributed by atoms with Gasteiger partial charge in [-0.2, -0.15) is 4.91 Å². The highest BCUT2D eigenvalue weighted by molar-refractivity contribution is 6.42. The van der Waals surface area contributed by atoms with Gasteiger partial charge in [0.2, 0.25) is 0 Å². The first kappa shape index (κ1) is 12.6. The van der Waals surface area contributed by atoms with E-state index in [2.05, 4.69) is 5.18 Å². The number of nitrogens with zero attached hydrogens (tertiary/aromatic N) is 1. The SMILES string of the molecule is O=NC1CCCCC1=Cc1ccc(Cl)c(Cl)c1. The van der Waals surface area contributed by atoms with Crippen molar-refractivity contribution in [1.29, 1.82) is 0 Å². The van der Waals surface area contributed by atoms with Gasteiger partial charge >= 0.3 is 0 Å². The Bertz CT molecular complexity index is 457. The van der Waals surface area contributed by atoms with Crippen molar-refractivity contribution in [3.8, 4) is 0 Å². The Balaban J connectivity index is 2.27.